The second-order valence-corrected chi connectivity index (χ2v) is 6.64. The fourth-order valence-electron chi connectivity index (χ4n) is 3.94. The van der Waals surface area contributed by atoms with Gasteiger partial charge in [0.05, 0.1) is 12.1 Å². The lowest BCUT2D eigenvalue weighted by atomic mass is 9.97. The second kappa shape index (κ2) is 6.45. The molecule has 0 spiro atoms. The first kappa shape index (κ1) is 16.6. The van der Waals surface area contributed by atoms with E-state index in [0.29, 0.717) is 19.6 Å². The molecule has 4 heteroatoms. The van der Waals surface area contributed by atoms with Crippen LogP contribution in [0.5, 0.6) is 0 Å². The van der Waals surface area contributed by atoms with E-state index < -0.39 is 0 Å². The van der Waals surface area contributed by atoms with Gasteiger partial charge in [-0.25, -0.2) is 0 Å². The summed E-state index contributed by atoms with van der Waals surface area (Å²) < 4.78 is 7.64. The first-order chi connectivity index (χ1) is 12.6. The third-order valence-electron chi connectivity index (χ3n) is 5.20. The SMILES string of the molecule is CCC(=O)OCCn1c2ccccc2c2c(C)c3cnccc3c(C)c21. The van der Waals surface area contributed by atoms with Crippen molar-refractivity contribution in [2.45, 2.75) is 33.7 Å². The lowest BCUT2D eigenvalue weighted by Gasteiger charge is -2.13. The number of nitrogens with zero attached hydrogens (tertiary/aromatic N) is 2. The first-order valence-electron chi connectivity index (χ1n) is 9.03. The zero-order valence-electron chi connectivity index (χ0n) is 15.4. The van der Waals surface area contributed by atoms with Crippen molar-refractivity contribution < 1.29 is 9.53 Å². The predicted octanol–water partition coefficient (Wildman–Crippen LogP) is 4.91. The molecule has 0 aliphatic heterocycles. The van der Waals surface area contributed by atoms with Gasteiger partial charge in [-0.3, -0.25) is 9.78 Å². The normalized spacial score (nSPS) is 11.5. The maximum Gasteiger partial charge on any atom is 0.305 e. The Morgan fingerprint density at radius 1 is 1.08 bits per heavy atom. The summed E-state index contributed by atoms with van der Waals surface area (Å²) in [6.45, 7) is 7.17. The van der Waals surface area contributed by atoms with Crippen molar-refractivity contribution >= 4 is 38.5 Å². The van der Waals surface area contributed by atoms with Crippen molar-refractivity contribution in [1.29, 1.82) is 0 Å². The van der Waals surface area contributed by atoms with E-state index in [0.717, 1.165) is 0 Å². The molecule has 0 bridgehead atoms. The van der Waals surface area contributed by atoms with Crippen LogP contribution in [0, 0.1) is 13.8 Å². The van der Waals surface area contributed by atoms with E-state index in [-0.39, 0.29) is 5.97 Å². The lowest BCUT2D eigenvalue weighted by molar-refractivity contribution is -0.143. The van der Waals surface area contributed by atoms with E-state index in [1.54, 1.807) is 0 Å². The molecule has 26 heavy (non-hydrogen) atoms. The summed E-state index contributed by atoms with van der Waals surface area (Å²) in [5, 5.41) is 4.91. The highest BCUT2D eigenvalue weighted by Crippen LogP contribution is 2.38. The largest absolute Gasteiger partial charge is 0.464 e. The molecule has 0 N–H and O–H groups in total. The molecule has 0 saturated carbocycles. The number of carbonyl (C=O) groups is 1. The molecule has 2 heterocycles. The minimum absolute atomic E-state index is 0.157. The Kier molecular flexibility index (Phi) is 4.11. The van der Waals surface area contributed by atoms with Gasteiger partial charge in [0.1, 0.15) is 6.61 Å². The fourth-order valence-corrected chi connectivity index (χ4v) is 3.94. The minimum Gasteiger partial charge on any atom is -0.464 e. The number of hydrogen-bond donors (Lipinski definition) is 0. The molecule has 0 amide bonds. The van der Waals surface area contributed by atoms with Crippen LogP contribution >= 0.6 is 0 Å². The molecule has 0 unspecified atom stereocenters. The van der Waals surface area contributed by atoms with Gasteiger partial charge in [-0.1, -0.05) is 25.1 Å². The van der Waals surface area contributed by atoms with E-state index in [1.165, 1.54) is 43.7 Å². The molecule has 0 saturated heterocycles. The average Bonchev–Trinajstić information content (AvgIpc) is 3.01. The van der Waals surface area contributed by atoms with Crippen LogP contribution in [-0.4, -0.2) is 22.1 Å². The molecule has 0 atom stereocenters. The molecule has 132 valence electrons. The van der Waals surface area contributed by atoms with Crippen molar-refractivity contribution in [3.05, 3.63) is 53.9 Å². The molecule has 0 aliphatic carbocycles. The first-order valence-corrected chi connectivity index (χ1v) is 9.03. The maximum absolute atomic E-state index is 11.5. The lowest BCUT2D eigenvalue weighted by Crippen LogP contribution is -2.10. The summed E-state index contributed by atoms with van der Waals surface area (Å²) in [7, 11) is 0. The van der Waals surface area contributed by atoms with Gasteiger partial charge in [0.2, 0.25) is 0 Å². The standard InChI is InChI=1S/C22H22N2O2/c1-4-20(25)26-12-11-24-19-8-6-5-7-17(19)21-14(2)18-13-23-10-9-16(18)15(3)22(21)24/h5-10,13H,4,11-12H2,1-3H3. The smallest absolute Gasteiger partial charge is 0.305 e. The number of para-hydroxylation sites is 1. The van der Waals surface area contributed by atoms with Crippen LogP contribution in [0.15, 0.2) is 42.7 Å². The monoisotopic (exact) mass is 346 g/mol. The average molecular weight is 346 g/mol. The highest BCUT2D eigenvalue weighted by molar-refractivity contribution is 6.16. The van der Waals surface area contributed by atoms with Crippen LogP contribution < -0.4 is 0 Å². The van der Waals surface area contributed by atoms with E-state index >= 15 is 0 Å². The Bertz CT molecular complexity index is 1140. The van der Waals surface area contributed by atoms with Gasteiger partial charge in [0.15, 0.2) is 0 Å². The Morgan fingerprint density at radius 3 is 2.69 bits per heavy atom. The fraction of sp³-hybridized carbons (Fsp3) is 0.273. The van der Waals surface area contributed by atoms with Crippen molar-refractivity contribution in [1.82, 2.24) is 9.55 Å². The van der Waals surface area contributed by atoms with Gasteiger partial charge in [-0.05, 0) is 42.5 Å². The Hall–Kier alpha value is -2.88. The molecular formula is C22H22N2O2. The van der Waals surface area contributed by atoms with Gasteiger partial charge in [0.25, 0.3) is 0 Å². The van der Waals surface area contributed by atoms with Gasteiger partial charge >= 0.3 is 5.97 Å². The van der Waals surface area contributed by atoms with Gasteiger partial charge < -0.3 is 9.30 Å². The molecule has 0 fully saturated rings. The summed E-state index contributed by atoms with van der Waals surface area (Å²) in [4.78, 5) is 15.8. The van der Waals surface area contributed by atoms with Crippen LogP contribution in [0.4, 0.5) is 0 Å². The van der Waals surface area contributed by atoms with Crippen LogP contribution in [0.3, 0.4) is 0 Å². The van der Waals surface area contributed by atoms with Crippen LogP contribution in [0.2, 0.25) is 0 Å². The molecule has 4 rings (SSSR count). The Morgan fingerprint density at radius 2 is 1.88 bits per heavy atom. The number of carbonyl (C=O) groups excluding carboxylic acids is 1. The van der Waals surface area contributed by atoms with Crippen LogP contribution in [-0.2, 0) is 16.1 Å². The summed E-state index contributed by atoms with van der Waals surface area (Å²) in [5.74, 6) is -0.157. The number of esters is 1. The van der Waals surface area contributed by atoms with Crippen molar-refractivity contribution in [2.24, 2.45) is 0 Å². The molecule has 0 radical (unpaired) electrons. The summed E-state index contributed by atoms with van der Waals surface area (Å²) in [6.07, 6.45) is 4.20. The minimum atomic E-state index is -0.157. The van der Waals surface area contributed by atoms with Crippen molar-refractivity contribution in [3.63, 3.8) is 0 Å². The number of benzene rings is 2. The number of pyridine rings is 1. The van der Waals surface area contributed by atoms with Crippen LogP contribution in [0.1, 0.15) is 24.5 Å². The highest BCUT2D eigenvalue weighted by atomic mass is 16.5. The molecule has 2 aromatic heterocycles. The Balaban J connectivity index is 2.01. The second-order valence-electron chi connectivity index (χ2n) is 6.64. The molecule has 4 aromatic rings. The summed E-state index contributed by atoms with van der Waals surface area (Å²) in [6, 6.07) is 10.5. The number of fused-ring (bicyclic) bond motifs is 4. The zero-order valence-corrected chi connectivity index (χ0v) is 15.4. The summed E-state index contributed by atoms with van der Waals surface area (Å²) >= 11 is 0. The number of ether oxygens (including phenoxy) is 1. The van der Waals surface area contributed by atoms with Gasteiger partial charge in [-0.2, -0.15) is 0 Å². The van der Waals surface area contributed by atoms with E-state index in [2.05, 4.69) is 53.7 Å². The number of rotatable bonds is 4. The topological polar surface area (TPSA) is 44.1 Å². The van der Waals surface area contributed by atoms with E-state index in [4.69, 9.17) is 4.74 Å². The molecular weight excluding hydrogens is 324 g/mol. The number of aromatic nitrogens is 2. The molecule has 2 aromatic carbocycles. The number of aryl methyl sites for hydroxylation is 2. The highest BCUT2D eigenvalue weighted by Gasteiger charge is 2.17. The third kappa shape index (κ3) is 2.45. The van der Waals surface area contributed by atoms with Crippen molar-refractivity contribution in [2.75, 3.05) is 6.61 Å². The molecule has 4 nitrogen and oxygen atoms in total. The third-order valence-corrected chi connectivity index (χ3v) is 5.20. The van der Waals surface area contributed by atoms with E-state index in [1.807, 2.05) is 19.3 Å². The summed E-state index contributed by atoms with van der Waals surface area (Å²) in [5.41, 5.74) is 4.87. The zero-order chi connectivity index (χ0) is 18.3. The molecule has 0 aliphatic rings. The quantitative estimate of drug-likeness (QED) is 0.493. The van der Waals surface area contributed by atoms with Gasteiger partial charge in [-0.15, -0.1) is 0 Å². The maximum atomic E-state index is 11.5. The van der Waals surface area contributed by atoms with Gasteiger partial charge in [0, 0.05) is 40.5 Å². The number of hydrogen-bond acceptors (Lipinski definition) is 3. The van der Waals surface area contributed by atoms with Crippen LogP contribution in [0.25, 0.3) is 32.6 Å². The predicted molar refractivity (Wildman–Crippen MR) is 105 cm³/mol. The van der Waals surface area contributed by atoms with E-state index in [9.17, 15) is 4.79 Å². The van der Waals surface area contributed by atoms with Crippen molar-refractivity contribution in [3.8, 4) is 0 Å². The Labute approximate surface area is 152 Å².